The predicted molar refractivity (Wildman–Crippen MR) is 79.5 cm³/mol. The summed E-state index contributed by atoms with van der Waals surface area (Å²) in [6, 6.07) is 14.7. The van der Waals surface area contributed by atoms with Crippen molar-refractivity contribution in [1.29, 1.82) is 0 Å². The Hall–Kier alpha value is -2.00. The lowest BCUT2D eigenvalue weighted by Crippen LogP contribution is -2.17. The summed E-state index contributed by atoms with van der Waals surface area (Å²) in [7, 11) is 0. The molecule has 1 fully saturated rings. The molecule has 0 aromatic heterocycles. The van der Waals surface area contributed by atoms with Crippen molar-refractivity contribution in [1.82, 2.24) is 0 Å². The Labute approximate surface area is 122 Å². The van der Waals surface area contributed by atoms with Crippen molar-refractivity contribution in [3.8, 4) is 5.75 Å². The number of ether oxygens (including phenoxy) is 1. The molecule has 0 atom stereocenters. The minimum atomic E-state index is -0.536. The lowest BCUT2D eigenvalue weighted by atomic mass is 10.1. The van der Waals surface area contributed by atoms with Crippen molar-refractivity contribution < 1.29 is 9.53 Å². The molecule has 0 spiro atoms. The zero-order valence-corrected chi connectivity index (χ0v) is 11.6. The minimum Gasteiger partial charge on any atom is -0.410 e. The fourth-order valence-electron chi connectivity index (χ4n) is 2.04. The van der Waals surface area contributed by atoms with Gasteiger partial charge in [0.05, 0.1) is 10.7 Å². The lowest BCUT2D eigenvalue weighted by molar-refractivity contribution is 0.215. The molecule has 0 saturated heterocycles. The van der Waals surface area contributed by atoms with Gasteiger partial charge >= 0.3 is 6.09 Å². The highest BCUT2D eigenvalue weighted by molar-refractivity contribution is 6.33. The third-order valence-electron chi connectivity index (χ3n) is 3.23. The number of carbonyl (C=O) groups is 1. The maximum absolute atomic E-state index is 11.8. The molecule has 3 rings (SSSR count). The van der Waals surface area contributed by atoms with E-state index in [2.05, 4.69) is 5.32 Å². The summed E-state index contributed by atoms with van der Waals surface area (Å²) in [6.45, 7) is 0. The first kappa shape index (κ1) is 13.0. The van der Waals surface area contributed by atoms with E-state index in [1.165, 1.54) is 18.4 Å². The van der Waals surface area contributed by atoms with E-state index in [1.807, 2.05) is 36.4 Å². The number of para-hydroxylation sites is 1. The van der Waals surface area contributed by atoms with Gasteiger partial charge in [-0.15, -0.1) is 0 Å². The Morgan fingerprint density at radius 3 is 2.60 bits per heavy atom. The maximum atomic E-state index is 11.8. The van der Waals surface area contributed by atoms with Crippen LogP contribution in [0, 0.1) is 0 Å². The molecule has 2 aromatic rings. The van der Waals surface area contributed by atoms with E-state index in [9.17, 15) is 4.79 Å². The number of carbonyl (C=O) groups excluding carboxylic acids is 1. The van der Waals surface area contributed by atoms with E-state index >= 15 is 0 Å². The quantitative estimate of drug-likeness (QED) is 0.878. The molecular weight excluding hydrogens is 274 g/mol. The van der Waals surface area contributed by atoms with E-state index in [1.54, 1.807) is 12.1 Å². The fraction of sp³-hybridized carbons (Fsp3) is 0.188. The second-order valence-corrected chi connectivity index (χ2v) is 5.25. The Morgan fingerprint density at radius 2 is 1.90 bits per heavy atom. The van der Waals surface area contributed by atoms with E-state index in [-0.39, 0.29) is 0 Å². The molecule has 0 radical (unpaired) electrons. The van der Waals surface area contributed by atoms with Crippen LogP contribution in [0.25, 0.3) is 0 Å². The van der Waals surface area contributed by atoms with Crippen LogP contribution in [0.1, 0.15) is 24.3 Å². The second kappa shape index (κ2) is 5.55. The molecule has 1 amide bonds. The van der Waals surface area contributed by atoms with Crippen LogP contribution in [0.15, 0.2) is 48.5 Å². The Morgan fingerprint density at radius 1 is 1.15 bits per heavy atom. The maximum Gasteiger partial charge on any atom is 0.417 e. The number of amides is 1. The molecule has 1 N–H and O–H groups in total. The Kier molecular flexibility index (Phi) is 3.61. The van der Waals surface area contributed by atoms with Gasteiger partial charge in [-0.2, -0.15) is 0 Å². The van der Waals surface area contributed by atoms with Crippen LogP contribution in [-0.4, -0.2) is 6.09 Å². The van der Waals surface area contributed by atoms with Gasteiger partial charge in [0.1, 0.15) is 5.75 Å². The van der Waals surface area contributed by atoms with Gasteiger partial charge in [0.2, 0.25) is 0 Å². The normalized spacial score (nSPS) is 13.8. The first-order chi connectivity index (χ1) is 9.72. The van der Waals surface area contributed by atoms with Crippen LogP contribution in [0.2, 0.25) is 5.02 Å². The summed E-state index contributed by atoms with van der Waals surface area (Å²) < 4.78 is 5.18. The van der Waals surface area contributed by atoms with Crippen molar-refractivity contribution in [3.05, 3.63) is 59.1 Å². The highest BCUT2D eigenvalue weighted by Crippen LogP contribution is 2.41. The van der Waals surface area contributed by atoms with Gasteiger partial charge in [-0.25, -0.2) is 4.79 Å². The van der Waals surface area contributed by atoms with E-state index in [0.717, 1.165) is 0 Å². The zero-order chi connectivity index (χ0) is 13.9. The lowest BCUT2D eigenvalue weighted by Gasteiger charge is -2.09. The summed E-state index contributed by atoms with van der Waals surface area (Å²) in [5.74, 6) is 1.11. The van der Waals surface area contributed by atoms with Crippen LogP contribution in [-0.2, 0) is 0 Å². The topological polar surface area (TPSA) is 38.3 Å². The predicted octanol–water partition coefficient (Wildman–Crippen LogP) is 4.83. The SMILES string of the molecule is O=C(Nc1cc(C2CC2)ccc1Cl)Oc1ccccc1. The molecule has 102 valence electrons. The molecule has 20 heavy (non-hydrogen) atoms. The average molecular weight is 288 g/mol. The Balaban J connectivity index is 1.70. The van der Waals surface area contributed by atoms with Gasteiger partial charge in [0.15, 0.2) is 0 Å². The number of nitrogens with one attached hydrogen (secondary N) is 1. The highest BCUT2D eigenvalue weighted by atomic mass is 35.5. The smallest absolute Gasteiger partial charge is 0.410 e. The van der Waals surface area contributed by atoms with Gasteiger partial charge < -0.3 is 4.74 Å². The molecular formula is C16H14ClNO2. The van der Waals surface area contributed by atoms with Crippen LogP contribution in [0.3, 0.4) is 0 Å². The number of halogens is 1. The van der Waals surface area contributed by atoms with Crippen LogP contribution >= 0.6 is 11.6 Å². The van der Waals surface area contributed by atoms with Gasteiger partial charge in [0.25, 0.3) is 0 Å². The minimum absolute atomic E-state index is 0.500. The molecule has 1 aliphatic carbocycles. The van der Waals surface area contributed by atoms with Crippen molar-refractivity contribution in [3.63, 3.8) is 0 Å². The monoisotopic (exact) mass is 287 g/mol. The van der Waals surface area contributed by atoms with Crippen LogP contribution in [0.4, 0.5) is 10.5 Å². The summed E-state index contributed by atoms with van der Waals surface area (Å²) in [4.78, 5) is 11.8. The first-order valence-electron chi connectivity index (χ1n) is 6.56. The van der Waals surface area contributed by atoms with E-state index in [4.69, 9.17) is 16.3 Å². The molecule has 2 aromatic carbocycles. The number of hydrogen-bond donors (Lipinski definition) is 1. The first-order valence-corrected chi connectivity index (χ1v) is 6.93. The molecule has 1 aliphatic rings. The summed E-state index contributed by atoms with van der Waals surface area (Å²) in [6.07, 6.45) is 1.87. The van der Waals surface area contributed by atoms with Crippen molar-refractivity contribution in [2.45, 2.75) is 18.8 Å². The number of rotatable bonds is 3. The zero-order valence-electron chi connectivity index (χ0n) is 10.8. The van der Waals surface area contributed by atoms with E-state index < -0.39 is 6.09 Å². The largest absolute Gasteiger partial charge is 0.417 e. The van der Waals surface area contributed by atoms with E-state index in [0.29, 0.717) is 22.4 Å². The van der Waals surface area contributed by atoms with Gasteiger partial charge in [-0.3, -0.25) is 5.32 Å². The highest BCUT2D eigenvalue weighted by Gasteiger charge is 2.24. The van der Waals surface area contributed by atoms with Gasteiger partial charge in [-0.05, 0) is 48.6 Å². The molecule has 0 heterocycles. The Bertz CT molecular complexity index is 624. The van der Waals surface area contributed by atoms with Crippen LogP contribution < -0.4 is 10.1 Å². The third kappa shape index (κ3) is 3.11. The third-order valence-corrected chi connectivity index (χ3v) is 3.56. The number of anilines is 1. The van der Waals surface area contributed by atoms with Crippen molar-refractivity contribution >= 4 is 23.4 Å². The summed E-state index contributed by atoms with van der Waals surface area (Å²) >= 11 is 6.10. The van der Waals surface area contributed by atoms with Crippen molar-refractivity contribution in [2.24, 2.45) is 0 Å². The number of hydrogen-bond acceptors (Lipinski definition) is 2. The van der Waals surface area contributed by atoms with Gasteiger partial charge in [-0.1, -0.05) is 35.9 Å². The number of benzene rings is 2. The molecule has 0 unspecified atom stereocenters. The molecule has 0 aliphatic heterocycles. The molecule has 4 heteroatoms. The molecule has 1 saturated carbocycles. The summed E-state index contributed by atoms with van der Waals surface area (Å²) in [5.41, 5.74) is 1.81. The van der Waals surface area contributed by atoms with Crippen LogP contribution in [0.5, 0.6) is 5.75 Å². The second-order valence-electron chi connectivity index (χ2n) is 4.84. The van der Waals surface area contributed by atoms with Crippen molar-refractivity contribution in [2.75, 3.05) is 5.32 Å². The molecule has 3 nitrogen and oxygen atoms in total. The summed E-state index contributed by atoms with van der Waals surface area (Å²) in [5, 5.41) is 3.20. The standard InChI is InChI=1S/C16H14ClNO2/c17-14-9-8-12(11-6-7-11)10-15(14)18-16(19)20-13-4-2-1-3-5-13/h1-5,8-11H,6-7H2,(H,18,19). The molecule has 0 bridgehead atoms. The average Bonchev–Trinajstić information content (AvgIpc) is 3.27. The van der Waals surface area contributed by atoms with Gasteiger partial charge in [0, 0.05) is 0 Å². The fourth-order valence-corrected chi connectivity index (χ4v) is 2.21.